The third kappa shape index (κ3) is 6.73. The number of ketones is 1. The smallest absolute Gasteiger partial charge is 0.309 e. The Balaban J connectivity index is 2.61. The van der Waals surface area contributed by atoms with Crippen molar-refractivity contribution in [2.24, 2.45) is 17.8 Å². The molecule has 0 spiro atoms. The molecule has 8 heteroatoms. The van der Waals surface area contributed by atoms with Crippen LogP contribution in [-0.2, 0) is 38.2 Å². The molecule has 2 aliphatic carbocycles. The minimum atomic E-state index is -1.17. The lowest BCUT2D eigenvalue weighted by Gasteiger charge is -2.34. The van der Waals surface area contributed by atoms with Crippen LogP contribution in [0.5, 0.6) is 0 Å². The number of esters is 3. The van der Waals surface area contributed by atoms with Crippen molar-refractivity contribution >= 4 is 30.0 Å². The lowest BCUT2D eigenvalue weighted by atomic mass is 9.81. The molecule has 0 radical (unpaired) electrons. The fourth-order valence-corrected chi connectivity index (χ4v) is 4.12. The van der Waals surface area contributed by atoms with Gasteiger partial charge in [0.25, 0.3) is 0 Å². The Morgan fingerprint density at radius 3 is 2.48 bits per heavy atom. The van der Waals surface area contributed by atoms with E-state index >= 15 is 0 Å². The van der Waals surface area contributed by atoms with E-state index in [0.717, 1.165) is 5.57 Å². The second-order valence-corrected chi connectivity index (χ2v) is 8.55. The standard InChI is InChI=1S/C25H32O8/c1-6-14(2)25(30)33-24-22-15(3)21(29)11-20(22)10-18(13-31-16(4)27)8-7-9-19(12-26)23(24)32-17(5)28/h9-10,12,14,20,22-24H,3,6-8,11,13H2,1-2,4-5H3/b18-10-,19-9-/t14?,20-,22-,23-,24-/m0/s1. The quantitative estimate of drug-likeness (QED) is 0.187. The van der Waals surface area contributed by atoms with Crippen molar-refractivity contribution in [3.8, 4) is 0 Å². The Hall–Kier alpha value is -3.03. The fourth-order valence-electron chi connectivity index (χ4n) is 4.12. The molecule has 0 aromatic carbocycles. The molecule has 180 valence electrons. The van der Waals surface area contributed by atoms with Crippen molar-refractivity contribution in [3.63, 3.8) is 0 Å². The first kappa shape index (κ1) is 26.2. The monoisotopic (exact) mass is 460 g/mol. The fraction of sp³-hybridized carbons (Fsp3) is 0.560. The number of Topliss-reactive ketones (excluding diaryl/α,β-unsaturated/α-hetero) is 1. The number of hydrogen-bond donors (Lipinski definition) is 0. The van der Waals surface area contributed by atoms with Gasteiger partial charge >= 0.3 is 17.9 Å². The molecule has 2 aliphatic rings. The van der Waals surface area contributed by atoms with Crippen LogP contribution >= 0.6 is 0 Å². The highest BCUT2D eigenvalue weighted by Gasteiger charge is 2.48. The summed E-state index contributed by atoms with van der Waals surface area (Å²) in [6.45, 7) is 10.0. The van der Waals surface area contributed by atoms with Crippen molar-refractivity contribution in [1.82, 2.24) is 0 Å². The predicted octanol–water partition coefficient (Wildman–Crippen LogP) is 3.05. The Kier molecular flexibility index (Phi) is 9.32. The maximum Gasteiger partial charge on any atom is 0.309 e. The molecule has 0 aromatic heterocycles. The van der Waals surface area contributed by atoms with Crippen LogP contribution in [0.2, 0.25) is 0 Å². The largest absolute Gasteiger partial charge is 0.461 e. The van der Waals surface area contributed by atoms with Gasteiger partial charge in [-0.3, -0.25) is 24.0 Å². The molecule has 0 bridgehead atoms. The molecule has 0 amide bonds. The van der Waals surface area contributed by atoms with Crippen LogP contribution in [-0.4, -0.2) is 48.8 Å². The van der Waals surface area contributed by atoms with Gasteiger partial charge in [-0.1, -0.05) is 32.6 Å². The molecule has 5 atom stereocenters. The van der Waals surface area contributed by atoms with E-state index < -0.39 is 47.9 Å². The zero-order valence-corrected chi connectivity index (χ0v) is 19.6. The van der Waals surface area contributed by atoms with E-state index in [9.17, 15) is 24.0 Å². The van der Waals surface area contributed by atoms with Crippen molar-refractivity contribution in [3.05, 3.63) is 35.5 Å². The van der Waals surface area contributed by atoms with E-state index in [4.69, 9.17) is 14.2 Å². The summed E-state index contributed by atoms with van der Waals surface area (Å²) in [6.07, 6.45) is 3.29. The maximum atomic E-state index is 12.8. The van der Waals surface area contributed by atoms with Crippen LogP contribution in [0, 0.1) is 17.8 Å². The maximum absolute atomic E-state index is 12.8. The molecule has 1 saturated carbocycles. The van der Waals surface area contributed by atoms with Crippen molar-refractivity contribution in [1.29, 1.82) is 0 Å². The van der Waals surface area contributed by atoms with E-state index in [1.807, 2.05) is 13.0 Å². The third-order valence-electron chi connectivity index (χ3n) is 6.08. The van der Waals surface area contributed by atoms with Crippen LogP contribution in [0.4, 0.5) is 0 Å². The van der Waals surface area contributed by atoms with Crippen LogP contribution in [0.1, 0.15) is 53.4 Å². The normalized spacial score (nSPS) is 29.5. The van der Waals surface area contributed by atoms with Crippen molar-refractivity contribution in [2.75, 3.05) is 6.61 Å². The number of carbonyl (C=O) groups excluding carboxylic acids is 5. The number of fused-ring (bicyclic) bond motifs is 1. The number of aldehydes is 1. The summed E-state index contributed by atoms with van der Waals surface area (Å²) in [5.74, 6) is -3.35. The lowest BCUT2D eigenvalue weighted by Crippen LogP contribution is -2.44. The van der Waals surface area contributed by atoms with Crippen molar-refractivity contribution < 1.29 is 38.2 Å². The lowest BCUT2D eigenvalue weighted by molar-refractivity contribution is -0.171. The number of ether oxygens (including phenoxy) is 3. The number of hydrogen-bond acceptors (Lipinski definition) is 8. The molecule has 0 aromatic rings. The topological polar surface area (TPSA) is 113 Å². The van der Waals surface area contributed by atoms with Gasteiger partial charge in [-0.25, -0.2) is 0 Å². The highest BCUT2D eigenvalue weighted by atomic mass is 16.6. The average molecular weight is 461 g/mol. The van der Waals surface area contributed by atoms with E-state index in [1.54, 1.807) is 13.0 Å². The van der Waals surface area contributed by atoms with Gasteiger partial charge in [0, 0.05) is 31.8 Å². The van der Waals surface area contributed by atoms with Gasteiger partial charge in [-0.2, -0.15) is 0 Å². The van der Waals surface area contributed by atoms with Crippen LogP contribution in [0.15, 0.2) is 35.5 Å². The van der Waals surface area contributed by atoms with Gasteiger partial charge in [-0.15, -0.1) is 0 Å². The van der Waals surface area contributed by atoms with Gasteiger partial charge in [0.1, 0.15) is 12.9 Å². The first-order valence-corrected chi connectivity index (χ1v) is 11.2. The number of rotatable bonds is 7. The Morgan fingerprint density at radius 2 is 1.91 bits per heavy atom. The molecule has 1 unspecified atom stereocenters. The van der Waals surface area contributed by atoms with Gasteiger partial charge < -0.3 is 14.2 Å². The predicted molar refractivity (Wildman–Crippen MR) is 119 cm³/mol. The summed E-state index contributed by atoms with van der Waals surface area (Å²) in [7, 11) is 0. The second kappa shape index (κ2) is 11.7. The van der Waals surface area contributed by atoms with E-state index in [2.05, 4.69) is 6.58 Å². The molecule has 0 heterocycles. The van der Waals surface area contributed by atoms with Gasteiger partial charge in [0.2, 0.25) is 0 Å². The first-order valence-electron chi connectivity index (χ1n) is 11.2. The summed E-state index contributed by atoms with van der Waals surface area (Å²) in [4.78, 5) is 60.7. The Labute approximate surface area is 194 Å². The summed E-state index contributed by atoms with van der Waals surface area (Å²) >= 11 is 0. The summed E-state index contributed by atoms with van der Waals surface area (Å²) in [6, 6.07) is 0. The van der Waals surface area contributed by atoms with Gasteiger partial charge in [0.05, 0.1) is 5.92 Å². The Bertz CT molecular complexity index is 881. The van der Waals surface area contributed by atoms with E-state index in [1.165, 1.54) is 13.8 Å². The number of allylic oxidation sites excluding steroid dienone is 2. The third-order valence-corrected chi connectivity index (χ3v) is 6.08. The molecular formula is C25H32O8. The number of carbonyl (C=O) groups is 5. The Morgan fingerprint density at radius 1 is 1.21 bits per heavy atom. The zero-order chi connectivity index (χ0) is 24.7. The SMILES string of the molecule is C=C1C(=O)C[C@@H]2/C=C(\COC(C)=O)CC/C=C(/C=O)[C@H](OC(C)=O)[C@@H](OC(=O)C(C)CC)[C@@H]12. The molecule has 0 saturated heterocycles. The van der Waals surface area contributed by atoms with E-state index in [-0.39, 0.29) is 30.0 Å². The summed E-state index contributed by atoms with van der Waals surface area (Å²) < 4.78 is 16.5. The van der Waals surface area contributed by atoms with Crippen LogP contribution < -0.4 is 0 Å². The van der Waals surface area contributed by atoms with Gasteiger partial charge in [-0.05, 0) is 36.3 Å². The second-order valence-electron chi connectivity index (χ2n) is 8.55. The molecule has 8 nitrogen and oxygen atoms in total. The molecule has 33 heavy (non-hydrogen) atoms. The zero-order valence-electron chi connectivity index (χ0n) is 19.6. The molecule has 1 fully saturated rings. The minimum absolute atomic E-state index is 0.0498. The molecule has 0 aliphatic heterocycles. The van der Waals surface area contributed by atoms with Crippen LogP contribution in [0.25, 0.3) is 0 Å². The summed E-state index contributed by atoms with van der Waals surface area (Å²) in [5.41, 5.74) is 1.17. The minimum Gasteiger partial charge on any atom is -0.461 e. The van der Waals surface area contributed by atoms with E-state index in [0.29, 0.717) is 25.5 Å². The molecule has 0 N–H and O–H groups in total. The van der Waals surface area contributed by atoms with Crippen molar-refractivity contribution in [2.45, 2.75) is 65.6 Å². The first-order chi connectivity index (χ1) is 15.6. The highest BCUT2D eigenvalue weighted by molar-refractivity contribution is 5.98. The van der Waals surface area contributed by atoms with Gasteiger partial charge in [0.15, 0.2) is 18.0 Å². The summed E-state index contributed by atoms with van der Waals surface area (Å²) in [5, 5.41) is 0. The average Bonchev–Trinajstić information content (AvgIpc) is 3.03. The molecule has 2 rings (SSSR count). The molecular weight excluding hydrogens is 428 g/mol. The highest BCUT2D eigenvalue weighted by Crippen LogP contribution is 2.42. The van der Waals surface area contributed by atoms with Crippen LogP contribution in [0.3, 0.4) is 0 Å².